The Morgan fingerprint density at radius 3 is 2.80 bits per heavy atom. The van der Waals surface area contributed by atoms with E-state index in [9.17, 15) is 4.79 Å². The van der Waals surface area contributed by atoms with Crippen molar-refractivity contribution in [3.05, 3.63) is 0 Å². The van der Waals surface area contributed by atoms with Gasteiger partial charge in [0, 0.05) is 18.2 Å². The lowest BCUT2D eigenvalue weighted by Gasteiger charge is -2.43. The Bertz CT molecular complexity index is 248. The van der Waals surface area contributed by atoms with Gasteiger partial charge in [0.15, 0.2) is 0 Å². The molecule has 0 radical (unpaired) electrons. The van der Waals surface area contributed by atoms with Crippen molar-refractivity contribution in [1.29, 1.82) is 0 Å². The van der Waals surface area contributed by atoms with Gasteiger partial charge in [0.05, 0.1) is 12.5 Å². The molecule has 0 aromatic heterocycles. The molecule has 86 valence electrons. The highest BCUT2D eigenvalue weighted by atomic mass is 16.5. The zero-order chi connectivity index (χ0) is 10.9. The van der Waals surface area contributed by atoms with Crippen molar-refractivity contribution in [3.8, 4) is 0 Å². The number of rotatable bonds is 3. The molecule has 2 aliphatic rings. The van der Waals surface area contributed by atoms with Crippen LogP contribution in [0.15, 0.2) is 0 Å². The SMILES string of the molecule is CC1(NC2CCC2C(=O)O)CCCOC1. The van der Waals surface area contributed by atoms with E-state index < -0.39 is 5.97 Å². The van der Waals surface area contributed by atoms with Crippen molar-refractivity contribution in [2.24, 2.45) is 5.92 Å². The lowest BCUT2D eigenvalue weighted by atomic mass is 9.77. The van der Waals surface area contributed by atoms with E-state index >= 15 is 0 Å². The zero-order valence-corrected chi connectivity index (χ0v) is 9.16. The number of carboxylic acid groups (broad SMARTS) is 1. The van der Waals surface area contributed by atoms with E-state index in [1.807, 2.05) is 0 Å². The van der Waals surface area contributed by atoms with Gasteiger partial charge in [-0.3, -0.25) is 4.79 Å². The summed E-state index contributed by atoms with van der Waals surface area (Å²) in [6, 6.07) is 0.147. The van der Waals surface area contributed by atoms with Crippen LogP contribution in [0.4, 0.5) is 0 Å². The molecule has 0 aromatic rings. The lowest BCUT2D eigenvalue weighted by Crippen LogP contribution is -2.59. The molecule has 4 heteroatoms. The molecule has 3 unspecified atom stereocenters. The van der Waals surface area contributed by atoms with Crippen molar-refractivity contribution in [2.75, 3.05) is 13.2 Å². The first-order valence-corrected chi connectivity index (χ1v) is 5.69. The summed E-state index contributed by atoms with van der Waals surface area (Å²) in [6.45, 7) is 3.67. The predicted octanol–water partition coefficient (Wildman–Crippen LogP) is 1.01. The van der Waals surface area contributed by atoms with Crippen LogP contribution in [0.2, 0.25) is 0 Å². The van der Waals surface area contributed by atoms with Crippen LogP contribution in [0.1, 0.15) is 32.6 Å². The van der Waals surface area contributed by atoms with Crippen LogP contribution in [0.25, 0.3) is 0 Å². The summed E-state index contributed by atoms with van der Waals surface area (Å²) in [6.07, 6.45) is 3.93. The molecule has 0 bridgehead atoms. The van der Waals surface area contributed by atoms with Gasteiger partial charge in [-0.15, -0.1) is 0 Å². The van der Waals surface area contributed by atoms with E-state index in [0.29, 0.717) is 6.61 Å². The van der Waals surface area contributed by atoms with Crippen molar-refractivity contribution in [3.63, 3.8) is 0 Å². The first-order chi connectivity index (χ1) is 7.11. The normalized spacial score (nSPS) is 40.9. The third-order valence-electron chi connectivity index (χ3n) is 3.56. The van der Waals surface area contributed by atoms with Crippen LogP contribution in [0.5, 0.6) is 0 Å². The maximum Gasteiger partial charge on any atom is 0.308 e. The number of hydrogen-bond donors (Lipinski definition) is 2. The van der Waals surface area contributed by atoms with Gasteiger partial charge in [0.2, 0.25) is 0 Å². The first kappa shape index (κ1) is 10.9. The molecule has 1 saturated heterocycles. The van der Waals surface area contributed by atoms with Crippen LogP contribution in [0, 0.1) is 5.92 Å². The topological polar surface area (TPSA) is 58.6 Å². The number of carbonyl (C=O) groups is 1. The summed E-state index contributed by atoms with van der Waals surface area (Å²) in [5.41, 5.74) is -0.0168. The van der Waals surface area contributed by atoms with Gasteiger partial charge in [-0.1, -0.05) is 0 Å². The second-order valence-electron chi connectivity index (χ2n) is 4.99. The summed E-state index contributed by atoms with van der Waals surface area (Å²) >= 11 is 0. The van der Waals surface area contributed by atoms with Gasteiger partial charge in [-0.05, 0) is 32.6 Å². The van der Waals surface area contributed by atoms with E-state index in [-0.39, 0.29) is 17.5 Å². The molecular formula is C11H19NO3. The number of carboxylic acids is 1. The molecule has 2 rings (SSSR count). The third kappa shape index (κ3) is 2.32. The molecule has 1 aliphatic carbocycles. The monoisotopic (exact) mass is 213 g/mol. The lowest BCUT2D eigenvalue weighted by molar-refractivity contribution is -0.146. The molecular weight excluding hydrogens is 194 g/mol. The average molecular weight is 213 g/mol. The second kappa shape index (κ2) is 4.10. The Morgan fingerprint density at radius 2 is 2.33 bits per heavy atom. The molecule has 2 fully saturated rings. The highest BCUT2D eigenvalue weighted by Gasteiger charge is 2.41. The van der Waals surface area contributed by atoms with E-state index in [0.717, 1.165) is 32.3 Å². The van der Waals surface area contributed by atoms with Crippen LogP contribution < -0.4 is 5.32 Å². The Hall–Kier alpha value is -0.610. The quantitative estimate of drug-likeness (QED) is 0.734. The minimum absolute atomic E-state index is 0.0168. The van der Waals surface area contributed by atoms with Crippen LogP contribution in [-0.4, -0.2) is 35.9 Å². The van der Waals surface area contributed by atoms with E-state index in [1.165, 1.54) is 0 Å². The van der Waals surface area contributed by atoms with Crippen LogP contribution >= 0.6 is 0 Å². The van der Waals surface area contributed by atoms with Gasteiger partial charge in [-0.25, -0.2) is 0 Å². The van der Waals surface area contributed by atoms with Crippen molar-refractivity contribution < 1.29 is 14.6 Å². The van der Waals surface area contributed by atoms with E-state index in [4.69, 9.17) is 9.84 Å². The van der Waals surface area contributed by atoms with Gasteiger partial charge < -0.3 is 15.2 Å². The summed E-state index contributed by atoms with van der Waals surface area (Å²) < 4.78 is 5.44. The van der Waals surface area contributed by atoms with Gasteiger partial charge in [0.25, 0.3) is 0 Å². The molecule has 0 spiro atoms. The third-order valence-corrected chi connectivity index (χ3v) is 3.56. The summed E-state index contributed by atoms with van der Waals surface area (Å²) in [4.78, 5) is 10.9. The minimum Gasteiger partial charge on any atom is -0.481 e. The minimum atomic E-state index is -0.668. The van der Waals surface area contributed by atoms with Crippen LogP contribution in [-0.2, 0) is 9.53 Å². The highest BCUT2D eigenvalue weighted by Crippen LogP contribution is 2.31. The number of ether oxygens (including phenoxy) is 1. The maximum absolute atomic E-state index is 10.9. The number of aliphatic carboxylic acids is 1. The molecule has 2 N–H and O–H groups in total. The number of nitrogens with one attached hydrogen (secondary N) is 1. The molecule has 15 heavy (non-hydrogen) atoms. The van der Waals surface area contributed by atoms with Gasteiger partial charge >= 0.3 is 5.97 Å². The van der Waals surface area contributed by atoms with Crippen molar-refractivity contribution >= 4 is 5.97 Å². The molecule has 4 nitrogen and oxygen atoms in total. The molecule has 1 aliphatic heterocycles. The van der Waals surface area contributed by atoms with Crippen molar-refractivity contribution in [1.82, 2.24) is 5.32 Å². The molecule has 0 aromatic carbocycles. The number of hydrogen-bond acceptors (Lipinski definition) is 3. The van der Waals surface area contributed by atoms with Crippen LogP contribution in [0.3, 0.4) is 0 Å². The van der Waals surface area contributed by atoms with Gasteiger partial charge in [-0.2, -0.15) is 0 Å². The fraction of sp³-hybridized carbons (Fsp3) is 0.909. The summed E-state index contributed by atoms with van der Waals surface area (Å²) in [7, 11) is 0. The first-order valence-electron chi connectivity index (χ1n) is 5.69. The second-order valence-corrected chi connectivity index (χ2v) is 4.99. The van der Waals surface area contributed by atoms with Gasteiger partial charge in [0.1, 0.15) is 0 Å². The standard InChI is InChI=1S/C11H19NO3/c1-11(5-2-6-15-7-11)12-9-4-3-8(9)10(13)14/h8-9,12H,2-7H2,1H3,(H,13,14). The smallest absolute Gasteiger partial charge is 0.308 e. The van der Waals surface area contributed by atoms with E-state index in [1.54, 1.807) is 0 Å². The molecule has 1 saturated carbocycles. The Balaban J connectivity index is 1.88. The average Bonchev–Trinajstić information content (AvgIpc) is 2.13. The molecule has 3 atom stereocenters. The Labute approximate surface area is 90.0 Å². The highest BCUT2D eigenvalue weighted by molar-refractivity contribution is 5.72. The summed E-state index contributed by atoms with van der Waals surface area (Å²) in [5.74, 6) is -0.858. The summed E-state index contributed by atoms with van der Waals surface area (Å²) in [5, 5.41) is 12.4. The fourth-order valence-corrected chi connectivity index (χ4v) is 2.46. The van der Waals surface area contributed by atoms with Crippen molar-refractivity contribution in [2.45, 2.75) is 44.2 Å². The maximum atomic E-state index is 10.9. The zero-order valence-electron chi connectivity index (χ0n) is 9.16. The molecule has 1 heterocycles. The Kier molecular flexibility index (Phi) is 2.98. The molecule has 0 amide bonds. The Morgan fingerprint density at radius 1 is 1.53 bits per heavy atom. The predicted molar refractivity (Wildman–Crippen MR) is 55.7 cm³/mol. The van der Waals surface area contributed by atoms with E-state index in [2.05, 4.69) is 12.2 Å². The largest absolute Gasteiger partial charge is 0.481 e. The fourth-order valence-electron chi connectivity index (χ4n) is 2.46.